The second kappa shape index (κ2) is 9.45. The summed E-state index contributed by atoms with van der Waals surface area (Å²) in [6.07, 6.45) is 0. The van der Waals surface area contributed by atoms with Gasteiger partial charge in [-0.3, -0.25) is 24.1 Å². The highest BCUT2D eigenvalue weighted by Gasteiger charge is 2.64. The predicted octanol–water partition coefficient (Wildman–Crippen LogP) is -0.240. The van der Waals surface area contributed by atoms with E-state index in [4.69, 9.17) is 0 Å². The van der Waals surface area contributed by atoms with E-state index in [1.54, 1.807) is 51.1 Å². The number of hydrogen-bond donors (Lipinski definition) is 3. The Balaban J connectivity index is 1.51. The van der Waals surface area contributed by atoms with Gasteiger partial charge in [-0.05, 0) is 26.3 Å². The van der Waals surface area contributed by atoms with Gasteiger partial charge in [-0.2, -0.15) is 0 Å². The van der Waals surface area contributed by atoms with Gasteiger partial charge >= 0.3 is 23.8 Å². The van der Waals surface area contributed by atoms with Crippen LogP contribution in [-0.2, 0) is 24.0 Å². The molecule has 0 radical (unpaired) electrons. The maximum absolute atomic E-state index is 13.3. The fraction of sp³-hybridized carbons (Fsp3) is 0.478. The van der Waals surface area contributed by atoms with E-state index < -0.39 is 63.9 Å². The largest absolute Gasteiger partial charge is 0.480 e. The SMILES string of the molecule is CCN1CCN(C(=O)NC(C(=O)NC2C(=O)N3[C@@H]2SC(C)(C)[C@@H]3C(=O)O)c2ccccc2)C(=O)C1=O. The minimum Gasteiger partial charge on any atom is -0.480 e. The van der Waals surface area contributed by atoms with Crippen molar-refractivity contribution < 1.29 is 33.9 Å². The van der Waals surface area contributed by atoms with Crippen LogP contribution in [0.5, 0.6) is 0 Å². The Morgan fingerprint density at radius 1 is 1.11 bits per heavy atom. The maximum atomic E-state index is 13.3. The number of nitrogens with one attached hydrogen (secondary N) is 2. The number of urea groups is 1. The fourth-order valence-corrected chi connectivity index (χ4v) is 6.32. The Hall–Kier alpha value is -3.61. The third kappa shape index (κ3) is 4.27. The summed E-state index contributed by atoms with van der Waals surface area (Å²) in [5.74, 6) is -4.12. The topological polar surface area (TPSA) is 156 Å². The molecule has 2 unspecified atom stereocenters. The van der Waals surface area contributed by atoms with Crippen LogP contribution < -0.4 is 10.6 Å². The van der Waals surface area contributed by atoms with Gasteiger partial charge in [-0.1, -0.05) is 30.3 Å². The van der Waals surface area contributed by atoms with Crippen LogP contribution in [0.25, 0.3) is 0 Å². The summed E-state index contributed by atoms with van der Waals surface area (Å²) in [5, 5.41) is 14.2. The monoisotopic (exact) mass is 517 g/mol. The van der Waals surface area contributed by atoms with Crippen molar-refractivity contribution >= 4 is 47.4 Å². The standard InChI is InChI=1S/C23H27N5O7S/c1-4-26-10-11-27(19(32)18(26)31)22(35)25-13(12-8-6-5-7-9-12)16(29)24-14-17(30)28-15(21(33)34)23(2,3)36-20(14)28/h5-9,13-15,20H,4,10-11H2,1-3H3,(H,24,29)(H,25,35)(H,33,34)/t13?,14?,15-,20+/m0/s1. The summed E-state index contributed by atoms with van der Waals surface area (Å²) >= 11 is 1.28. The highest BCUT2D eigenvalue weighted by atomic mass is 32.2. The first-order valence-electron chi connectivity index (χ1n) is 11.5. The lowest BCUT2D eigenvalue weighted by atomic mass is 9.95. The maximum Gasteiger partial charge on any atom is 0.327 e. The molecule has 192 valence electrons. The number of imide groups is 1. The van der Waals surface area contributed by atoms with E-state index >= 15 is 0 Å². The number of thioether (sulfide) groups is 1. The molecule has 6 amide bonds. The molecule has 4 atom stereocenters. The van der Waals surface area contributed by atoms with Crippen molar-refractivity contribution in [2.24, 2.45) is 0 Å². The number of aliphatic carboxylic acids is 1. The lowest BCUT2D eigenvalue weighted by molar-refractivity contribution is -0.161. The highest BCUT2D eigenvalue weighted by Crippen LogP contribution is 2.50. The first kappa shape index (κ1) is 25.5. The quantitative estimate of drug-likeness (QED) is 0.345. The van der Waals surface area contributed by atoms with Crippen molar-refractivity contribution in [3.8, 4) is 0 Å². The minimum atomic E-state index is -1.26. The van der Waals surface area contributed by atoms with Gasteiger partial charge in [0.25, 0.3) is 0 Å². The number of fused-ring (bicyclic) bond motifs is 1. The lowest BCUT2D eigenvalue weighted by Gasteiger charge is -2.44. The Labute approximate surface area is 211 Å². The van der Waals surface area contributed by atoms with E-state index in [0.29, 0.717) is 12.1 Å². The second-order valence-electron chi connectivity index (χ2n) is 9.22. The molecule has 13 heteroatoms. The van der Waals surface area contributed by atoms with Crippen LogP contribution >= 0.6 is 11.8 Å². The van der Waals surface area contributed by atoms with Crippen molar-refractivity contribution in [1.29, 1.82) is 0 Å². The number of β-lactam (4-membered cyclic amide) rings is 1. The number of benzene rings is 1. The number of rotatable bonds is 6. The third-order valence-corrected chi connectivity index (χ3v) is 8.14. The Morgan fingerprint density at radius 2 is 1.78 bits per heavy atom. The number of hydrogen-bond acceptors (Lipinski definition) is 7. The molecule has 0 saturated carbocycles. The van der Waals surface area contributed by atoms with Gasteiger partial charge in [0.2, 0.25) is 11.8 Å². The molecule has 3 aliphatic rings. The van der Waals surface area contributed by atoms with Gasteiger partial charge in [0.1, 0.15) is 23.5 Å². The van der Waals surface area contributed by atoms with Crippen molar-refractivity contribution in [3.63, 3.8) is 0 Å². The predicted molar refractivity (Wildman–Crippen MR) is 127 cm³/mol. The molecular weight excluding hydrogens is 490 g/mol. The normalized spacial score (nSPS) is 25.7. The summed E-state index contributed by atoms with van der Waals surface area (Å²) in [6.45, 7) is 5.67. The molecular formula is C23H27N5O7S. The number of amides is 6. The average Bonchev–Trinajstić information content (AvgIpc) is 3.10. The van der Waals surface area contributed by atoms with E-state index in [2.05, 4.69) is 10.6 Å². The molecule has 1 aromatic carbocycles. The van der Waals surface area contributed by atoms with Gasteiger partial charge in [0.15, 0.2) is 0 Å². The van der Waals surface area contributed by atoms with Crippen LogP contribution in [0, 0.1) is 0 Å². The molecule has 36 heavy (non-hydrogen) atoms. The molecule has 0 spiro atoms. The van der Waals surface area contributed by atoms with Crippen LogP contribution in [0.2, 0.25) is 0 Å². The molecule has 3 heterocycles. The van der Waals surface area contributed by atoms with E-state index in [-0.39, 0.29) is 13.1 Å². The highest BCUT2D eigenvalue weighted by molar-refractivity contribution is 8.01. The van der Waals surface area contributed by atoms with E-state index in [0.717, 1.165) is 4.90 Å². The smallest absolute Gasteiger partial charge is 0.327 e. The van der Waals surface area contributed by atoms with E-state index in [1.165, 1.54) is 21.6 Å². The van der Waals surface area contributed by atoms with Crippen LogP contribution in [-0.4, -0.2) is 97.3 Å². The van der Waals surface area contributed by atoms with E-state index in [1.807, 2.05) is 0 Å². The van der Waals surface area contributed by atoms with Crippen molar-refractivity contribution in [3.05, 3.63) is 35.9 Å². The summed E-state index contributed by atoms with van der Waals surface area (Å²) in [7, 11) is 0. The van der Waals surface area contributed by atoms with Crippen LogP contribution in [0.4, 0.5) is 4.79 Å². The zero-order chi connectivity index (χ0) is 26.4. The molecule has 12 nitrogen and oxygen atoms in total. The van der Waals surface area contributed by atoms with Crippen LogP contribution in [0.15, 0.2) is 30.3 Å². The number of carbonyl (C=O) groups excluding carboxylic acids is 5. The first-order valence-corrected chi connectivity index (χ1v) is 12.3. The Kier molecular flexibility index (Phi) is 6.69. The van der Waals surface area contributed by atoms with Crippen molar-refractivity contribution in [1.82, 2.24) is 25.3 Å². The number of piperazine rings is 1. The molecule has 4 rings (SSSR count). The number of nitrogens with zero attached hydrogens (tertiary/aromatic N) is 3. The Bertz CT molecular complexity index is 1130. The lowest BCUT2D eigenvalue weighted by Crippen LogP contribution is -2.71. The van der Waals surface area contributed by atoms with Gasteiger partial charge < -0.3 is 25.5 Å². The van der Waals surface area contributed by atoms with Crippen molar-refractivity contribution in [2.75, 3.05) is 19.6 Å². The minimum absolute atomic E-state index is 0.0200. The second-order valence-corrected chi connectivity index (χ2v) is 11.0. The van der Waals surface area contributed by atoms with Crippen LogP contribution in [0.3, 0.4) is 0 Å². The third-order valence-electron chi connectivity index (χ3n) is 6.57. The van der Waals surface area contributed by atoms with Gasteiger partial charge in [0.05, 0.1) is 0 Å². The fourth-order valence-electron chi connectivity index (χ4n) is 4.70. The number of carboxylic acid groups (broad SMARTS) is 1. The Morgan fingerprint density at radius 3 is 2.39 bits per heavy atom. The molecule has 3 fully saturated rings. The van der Waals surface area contributed by atoms with Crippen molar-refractivity contribution in [2.45, 2.75) is 49.0 Å². The average molecular weight is 518 g/mol. The summed E-state index contributed by atoms with van der Waals surface area (Å²) in [6, 6.07) is 4.11. The molecule has 0 bridgehead atoms. The zero-order valence-corrected chi connectivity index (χ0v) is 20.8. The molecule has 1 aromatic rings. The van der Waals surface area contributed by atoms with Crippen LogP contribution in [0.1, 0.15) is 32.4 Å². The summed E-state index contributed by atoms with van der Waals surface area (Å²) in [5.41, 5.74) is 0.403. The molecule has 3 aliphatic heterocycles. The summed E-state index contributed by atoms with van der Waals surface area (Å²) in [4.78, 5) is 78.8. The molecule has 0 aromatic heterocycles. The zero-order valence-electron chi connectivity index (χ0n) is 20.0. The number of likely N-dealkylation sites (N-methyl/N-ethyl adjacent to an activating group) is 1. The molecule has 3 saturated heterocycles. The first-order chi connectivity index (χ1) is 17.0. The van der Waals surface area contributed by atoms with Gasteiger partial charge in [-0.25, -0.2) is 9.59 Å². The number of carbonyl (C=O) groups is 6. The molecule has 0 aliphatic carbocycles. The summed E-state index contributed by atoms with van der Waals surface area (Å²) < 4.78 is -0.758. The van der Waals surface area contributed by atoms with Gasteiger partial charge in [-0.15, -0.1) is 11.8 Å². The molecule has 3 N–H and O–H groups in total. The number of carboxylic acids is 1. The van der Waals surface area contributed by atoms with Gasteiger partial charge in [0, 0.05) is 24.4 Å². The van der Waals surface area contributed by atoms with E-state index in [9.17, 15) is 33.9 Å².